The molecular formula is C20H22FN3O6S. The first-order valence-corrected chi connectivity index (χ1v) is 11.0. The molecule has 1 aliphatic rings. The number of hydrogen-bond donors (Lipinski definition) is 0. The lowest BCUT2D eigenvalue weighted by molar-refractivity contribution is -0.387. The smallest absolute Gasteiger partial charge is 0.289 e. The summed E-state index contributed by atoms with van der Waals surface area (Å²) in [5.74, 6) is -0.536. The van der Waals surface area contributed by atoms with Crippen LogP contribution in [0.25, 0.3) is 0 Å². The molecule has 31 heavy (non-hydrogen) atoms. The molecule has 3 rings (SSSR count). The second-order valence-corrected chi connectivity index (χ2v) is 8.88. The molecule has 0 atom stereocenters. The summed E-state index contributed by atoms with van der Waals surface area (Å²) in [6, 6.07) is 9.70. The van der Waals surface area contributed by atoms with Crippen molar-refractivity contribution in [3.63, 3.8) is 0 Å². The minimum absolute atomic E-state index is 0.0390. The highest BCUT2D eigenvalue weighted by Crippen LogP contribution is 2.27. The Balaban J connectivity index is 1.59. The number of nitro benzene ring substituents is 1. The number of ether oxygens (including phenoxy) is 1. The molecule has 2 aromatic rings. The minimum Gasteiger partial charge on any atom is -0.494 e. The third-order valence-electron chi connectivity index (χ3n) is 5.11. The number of carbonyl (C=O) groups excluding carboxylic acids is 1. The van der Waals surface area contributed by atoms with Crippen LogP contribution in [0.1, 0.15) is 12.0 Å². The summed E-state index contributed by atoms with van der Waals surface area (Å²) in [6.45, 7) is 0.430. The van der Waals surface area contributed by atoms with Gasteiger partial charge < -0.3 is 9.64 Å². The normalized spacial score (nSPS) is 15.0. The molecule has 0 saturated carbocycles. The molecule has 166 valence electrons. The summed E-state index contributed by atoms with van der Waals surface area (Å²) in [7, 11) is -2.68. The van der Waals surface area contributed by atoms with E-state index >= 15 is 0 Å². The molecule has 2 aromatic carbocycles. The molecule has 9 nitrogen and oxygen atoms in total. The summed E-state index contributed by atoms with van der Waals surface area (Å²) >= 11 is 0. The average molecular weight is 451 g/mol. The molecule has 1 saturated heterocycles. The number of carbonyl (C=O) groups is 1. The molecule has 1 amide bonds. The number of amides is 1. The summed E-state index contributed by atoms with van der Waals surface area (Å²) in [5, 5.41) is 11.2. The van der Waals surface area contributed by atoms with E-state index in [2.05, 4.69) is 0 Å². The topological polar surface area (TPSA) is 110 Å². The molecule has 0 aliphatic carbocycles. The van der Waals surface area contributed by atoms with Crippen molar-refractivity contribution in [2.45, 2.75) is 17.7 Å². The molecule has 0 unspecified atom stereocenters. The number of piperazine rings is 1. The molecule has 0 bridgehead atoms. The Kier molecular flexibility index (Phi) is 6.86. The highest BCUT2D eigenvalue weighted by Gasteiger charge is 2.34. The fourth-order valence-corrected chi connectivity index (χ4v) is 5.00. The summed E-state index contributed by atoms with van der Waals surface area (Å²) in [6.07, 6.45) is 0.497. The van der Waals surface area contributed by atoms with Gasteiger partial charge in [-0.2, -0.15) is 4.31 Å². The second-order valence-electron chi connectivity index (χ2n) is 6.98. The van der Waals surface area contributed by atoms with Crippen molar-refractivity contribution in [2.75, 3.05) is 33.3 Å². The van der Waals surface area contributed by atoms with Crippen LogP contribution in [-0.2, 0) is 21.2 Å². The Labute approximate surface area is 179 Å². The SMILES string of the molecule is COc1ccc(CCC(=O)N2CCN(S(=O)(=O)c3ccccc3[N+](=O)[O-])CC2)cc1F. The van der Waals surface area contributed by atoms with Crippen molar-refractivity contribution in [1.29, 1.82) is 0 Å². The Morgan fingerprint density at radius 2 is 1.84 bits per heavy atom. The van der Waals surface area contributed by atoms with Crippen LogP contribution in [0.2, 0.25) is 0 Å². The zero-order chi connectivity index (χ0) is 22.6. The van der Waals surface area contributed by atoms with Crippen LogP contribution in [0.4, 0.5) is 10.1 Å². The molecular weight excluding hydrogens is 429 g/mol. The van der Waals surface area contributed by atoms with Gasteiger partial charge in [-0.3, -0.25) is 14.9 Å². The number of nitro groups is 1. The van der Waals surface area contributed by atoms with Crippen LogP contribution in [0.5, 0.6) is 5.75 Å². The molecule has 0 N–H and O–H groups in total. The summed E-state index contributed by atoms with van der Waals surface area (Å²) < 4.78 is 45.5. The van der Waals surface area contributed by atoms with Gasteiger partial charge in [-0.25, -0.2) is 12.8 Å². The lowest BCUT2D eigenvalue weighted by Crippen LogP contribution is -2.50. The van der Waals surface area contributed by atoms with E-state index in [1.807, 2.05) is 0 Å². The van der Waals surface area contributed by atoms with Crippen LogP contribution in [0.3, 0.4) is 0 Å². The highest BCUT2D eigenvalue weighted by atomic mass is 32.2. The number of sulfonamides is 1. The third-order valence-corrected chi connectivity index (χ3v) is 7.06. The fraction of sp³-hybridized carbons (Fsp3) is 0.350. The van der Waals surface area contributed by atoms with Crippen molar-refractivity contribution in [1.82, 2.24) is 9.21 Å². The van der Waals surface area contributed by atoms with Crippen molar-refractivity contribution in [2.24, 2.45) is 0 Å². The number of hydrogen-bond acceptors (Lipinski definition) is 6. The second kappa shape index (κ2) is 9.40. The number of para-hydroxylation sites is 1. The monoisotopic (exact) mass is 451 g/mol. The fourth-order valence-electron chi connectivity index (χ4n) is 3.42. The first-order valence-electron chi connectivity index (χ1n) is 9.58. The van der Waals surface area contributed by atoms with E-state index in [-0.39, 0.29) is 49.2 Å². The summed E-state index contributed by atoms with van der Waals surface area (Å²) in [5.41, 5.74) is 0.178. The van der Waals surface area contributed by atoms with Gasteiger partial charge in [-0.1, -0.05) is 18.2 Å². The first kappa shape index (κ1) is 22.6. The number of rotatable bonds is 7. The standard InChI is InChI=1S/C20H22FN3O6S/c1-30-18-8-6-15(14-16(18)21)7-9-20(25)22-10-12-23(13-11-22)31(28,29)19-5-3-2-4-17(19)24(26)27/h2-6,8,14H,7,9-13H2,1H3. The zero-order valence-electron chi connectivity index (χ0n) is 16.9. The van der Waals surface area contributed by atoms with Crippen molar-refractivity contribution >= 4 is 21.6 Å². The van der Waals surface area contributed by atoms with E-state index in [4.69, 9.17) is 4.74 Å². The molecule has 1 fully saturated rings. The molecule has 1 aliphatic heterocycles. The van der Waals surface area contributed by atoms with Crippen molar-refractivity contribution in [3.8, 4) is 5.75 Å². The number of aryl methyl sites for hydroxylation is 1. The number of halogens is 1. The Bertz CT molecular complexity index is 1080. The van der Waals surface area contributed by atoms with E-state index < -0.39 is 26.5 Å². The maximum Gasteiger partial charge on any atom is 0.289 e. The van der Waals surface area contributed by atoms with Gasteiger partial charge in [0.05, 0.1) is 12.0 Å². The Hall–Kier alpha value is -3.05. The quantitative estimate of drug-likeness (QED) is 0.472. The van der Waals surface area contributed by atoms with Crippen LogP contribution in [0, 0.1) is 15.9 Å². The van der Waals surface area contributed by atoms with Gasteiger partial charge in [0.2, 0.25) is 15.9 Å². The molecule has 0 spiro atoms. The Morgan fingerprint density at radius 1 is 1.16 bits per heavy atom. The molecule has 11 heteroatoms. The number of benzene rings is 2. The maximum absolute atomic E-state index is 13.8. The highest BCUT2D eigenvalue weighted by molar-refractivity contribution is 7.89. The van der Waals surface area contributed by atoms with E-state index in [9.17, 15) is 27.7 Å². The third kappa shape index (κ3) is 5.00. The predicted octanol–water partition coefficient (Wildman–Crippen LogP) is 2.21. The zero-order valence-corrected chi connectivity index (χ0v) is 17.7. The van der Waals surface area contributed by atoms with Gasteiger partial charge in [0.1, 0.15) is 0 Å². The van der Waals surface area contributed by atoms with E-state index in [0.29, 0.717) is 12.0 Å². The lowest BCUT2D eigenvalue weighted by atomic mass is 10.1. The van der Waals surface area contributed by atoms with Gasteiger partial charge in [0.15, 0.2) is 16.5 Å². The maximum atomic E-state index is 13.8. The molecule has 1 heterocycles. The number of methoxy groups -OCH3 is 1. The van der Waals surface area contributed by atoms with Gasteiger partial charge in [-0.15, -0.1) is 0 Å². The van der Waals surface area contributed by atoms with Crippen LogP contribution in [0.15, 0.2) is 47.4 Å². The van der Waals surface area contributed by atoms with Crippen molar-refractivity contribution < 1.29 is 27.3 Å². The van der Waals surface area contributed by atoms with Gasteiger partial charge >= 0.3 is 0 Å². The van der Waals surface area contributed by atoms with Crippen molar-refractivity contribution in [3.05, 3.63) is 64.0 Å². The summed E-state index contributed by atoms with van der Waals surface area (Å²) in [4.78, 5) is 24.1. The first-order chi connectivity index (χ1) is 14.7. The predicted molar refractivity (Wildman–Crippen MR) is 110 cm³/mol. The molecule has 0 aromatic heterocycles. The van der Waals surface area contributed by atoms with Crippen LogP contribution in [-0.4, -0.2) is 61.7 Å². The van der Waals surface area contributed by atoms with E-state index in [1.54, 1.807) is 11.0 Å². The van der Waals surface area contributed by atoms with E-state index in [0.717, 1.165) is 10.4 Å². The van der Waals surface area contributed by atoms with Gasteiger partial charge in [0.25, 0.3) is 5.69 Å². The van der Waals surface area contributed by atoms with Crippen LogP contribution < -0.4 is 4.74 Å². The van der Waals surface area contributed by atoms with Gasteiger partial charge in [-0.05, 0) is 30.2 Å². The van der Waals surface area contributed by atoms with Crippen LogP contribution >= 0.6 is 0 Å². The lowest BCUT2D eigenvalue weighted by Gasteiger charge is -2.34. The van der Waals surface area contributed by atoms with Gasteiger partial charge in [0, 0.05) is 38.7 Å². The van der Waals surface area contributed by atoms with E-state index in [1.165, 1.54) is 37.4 Å². The largest absolute Gasteiger partial charge is 0.494 e. The molecule has 0 radical (unpaired) electrons. The Morgan fingerprint density at radius 3 is 2.45 bits per heavy atom. The number of nitrogens with zero attached hydrogens (tertiary/aromatic N) is 3. The minimum atomic E-state index is -4.05. The average Bonchev–Trinajstić information content (AvgIpc) is 2.77.